The molecule has 2 atom stereocenters. The first-order valence-electron chi connectivity index (χ1n) is 9.44. The lowest BCUT2D eigenvalue weighted by Gasteiger charge is -2.31. The van der Waals surface area contributed by atoms with Crippen LogP contribution in [0.25, 0.3) is 11.1 Å². The Balaban J connectivity index is 1.76. The van der Waals surface area contributed by atoms with Crippen molar-refractivity contribution >= 4 is 11.4 Å². The Morgan fingerprint density at radius 1 is 0.862 bits per heavy atom. The molecule has 2 aliphatic rings. The fraction of sp³-hybridized carbons (Fsp3) is 0.0800. The smallest absolute Gasteiger partial charge is 0.140 e. The number of hydrogen-bond donors (Lipinski definition) is 0. The Labute approximate surface area is 169 Å². The van der Waals surface area contributed by atoms with Crippen LogP contribution in [-0.4, -0.2) is 11.0 Å². The highest BCUT2D eigenvalue weighted by atomic mass is 15.2. The number of fused-ring (bicyclic) bond motifs is 3. The molecule has 0 saturated carbocycles. The zero-order valence-corrected chi connectivity index (χ0v) is 15.5. The molecule has 1 aliphatic carbocycles. The minimum absolute atomic E-state index is 0.108. The van der Waals surface area contributed by atoms with Crippen LogP contribution in [0.2, 0.25) is 0 Å². The maximum Gasteiger partial charge on any atom is 0.140 e. The van der Waals surface area contributed by atoms with Crippen molar-refractivity contribution in [3.63, 3.8) is 0 Å². The Morgan fingerprint density at radius 3 is 2.52 bits per heavy atom. The zero-order chi connectivity index (χ0) is 19.8. The van der Waals surface area contributed by atoms with Gasteiger partial charge in [0.2, 0.25) is 0 Å². The van der Waals surface area contributed by atoms with Gasteiger partial charge in [0.1, 0.15) is 17.8 Å². The van der Waals surface area contributed by atoms with E-state index in [2.05, 4.69) is 64.5 Å². The fourth-order valence-electron chi connectivity index (χ4n) is 4.29. The van der Waals surface area contributed by atoms with E-state index in [1.807, 2.05) is 30.3 Å². The summed E-state index contributed by atoms with van der Waals surface area (Å²) in [5.41, 5.74) is 6.05. The molecule has 5 rings (SSSR count). The number of nitriles is 2. The number of pyridine rings is 1. The molecule has 1 aliphatic heterocycles. The van der Waals surface area contributed by atoms with Crippen molar-refractivity contribution in [3.05, 3.63) is 102 Å². The highest BCUT2D eigenvalue weighted by Crippen LogP contribution is 2.50. The minimum atomic E-state index is 0.108. The third kappa shape index (κ3) is 2.63. The van der Waals surface area contributed by atoms with Gasteiger partial charge >= 0.3 is 0 Å². The van der Waals surface area contributed by atoms with E-state index in [-0.39, 0.29) is 12.0 Å². The molecule has 4 heteroatoms. The van der Waals surface area contributed by atoms with E-state index in [1.165, 1.54) is 5.56 Å². The van der Waals surface area contributed by atoms with Crippen molar-refractivity contribution < 1.29 is 0 Å². The Bertz CT molecular complexity index is 1240. The van der Waals surface area contributed by atoms with Crippen molar-refractivity contribution in [3.8, 4) is 23.3 Å². The van der Waals surface area contributed by atoms with E-state index in [0.29, 0.717) is 11.3 Å². The van der Waals surface area contributed by atoms with Gasteiger partial charge in [-0.2, -0.15) is 10.5 Å². The average molecular weight is 372 g/mol. The SMILES string of the molecule is N#Cc1ccc(-c2cccc(C#N)c2N2c3ccccc3C3C=CC=CC32)cn1. The summed E-state index contributed by atoms with van der Waals surface area (Å²) in [5, 5.41) is 19.0. The number of allylic oxidation sites excluding steroid dienone is 2. The van der Waals surface area contributed by atoms with Crippen molar-refractivity contribution in [2.24, 2.45) is 0 Å². The largest absolute Gasteiger partial charge is 0.332 e. The van der Waals surface area contributed by atoms with E-state index in [4.69, 9.17) is 5.26 Å². The lowest BCUT2D eigenvalue weighted by atomic mass is 9.91. The van der Waals surface area contributed by atoms with Gasteiger partial charge in [0.25, 0.3) is 0 Å². The van der Waals surface area contributed by atoms with Crippen LogP contribution in [0.3, 0.4) is 0 Å². The number of benzene rings is 2. The van der Waals surface area contributed by atoms with E-state index in [1.54, 1.807) is 12.3 Å². The van der Waals surface area contributed by atoms with Crippen molar-refractivity contribution in [1.82, 2.24) is 4.98 Å². The zero-order valence-electron chi connectivity index (χ0n) is 15.5. The third-order valence-corrected chi connectivity index (χ3v) is 5.55. The highest BCUT2D eigenvalue weighted by molar-refractivity contribution is 5.89. The standard InChI is InChI=1S/C25H16N4/c26-14-17-6-5-9-20(18-12-13-19(15-27)28-16-18)25(17)29-23-10-3-1-7-21(23)22-8-2-4-11-24(22)29/h1-13,16,21,23H. The molecule has 0 fully saturated rings. The second kappa shape index (κ2) is 6.78. The van der Waals surface area contributed by atoms with Gasteiger partial charge in [0.05, 0.1) is 17.3 Å². The fourth-order valence-corrected chi connectivity index (χ4v) is 4.29. The summed E-state index contributed by atoms with van der Waals surface area (Å²) >= 11 is 0. The summed E-state index contributed by atoms with van der Waals surface area (Å²) in [4.78, 5) is 6.50. The molecule has 3 aromatic rings. The molecule has 2 heterocycles. The van der Waals surface area contributed by atoms with E-state index in [9.17, 15) is 5.26 Å². The van der Waals surface area contributed by atoms with Crippen LogP contribution in [0, 0.1) is 22.7 Å². The quantitative estimate of drug-likeness (QED) is 0.618. The molecule has 0 radical (unpaired) electrons. The monoisotopic (exact) mass is 372 g/mol. The highest BCUT2D eigenvalue weighted by Gasteiger charge is 2.38. The Hall–Kier alpha value is -4.15. The molecule has 2 unspecified atom stereocenters. The average Bonchev–Trinajstić information content (AvgIpc) is 3.13. The summed E-state index contributed by atoms with van der Waals surface area (Å²) < 4.78 is 0. The Kier molecular flexibility index (Phi) is 3.97. The number of hydrogen-bond acceptors (Lipinski definition) is 4. The first-order chi connectivity index (χ1) is 14.3. The molecule has 0 saturated heterocycles. The number of rotatable bonds is 2. The predicted molar refractivity (Wildman–Crippen MR) is 112 cm³/mol. The van der Waals surface area contributed by atoms with Crippen LogP contribution in [0.1, 0.15) is 22.7 Å². The van der Waals surface area contributed by atoms with Gasteiger partial charge in [0.15, 0.2) is 0 Å². The van der Waals surface area contributed by atoms with Crippen LogP contribution in [-0.2, 0) is 0 Å². The summed E-state index contributed by atoms with van der Waals surface area (Å²) in [6, 6.07) is 22.3. The van der Waals surface area contributed by atoms with Crippen LogP contribution in [0.5, 0.6) is 0 Å². The van der Waals surface area contributed by atoms with E-state index in [0.717, 1.165) is 22.5 Å². The third-order valence-electron chi connectivity index (χ3n) is 5.55. The molecule has 4 nitrogen and oxygen atoms in total. The van der Waals surface area contributed by atoms with Crippen LogP contribution in [0.4, 0.5) is 11.4 Å². The molecule has 0 bridgehead atoms. The molecular formula is C25H16N4. The number of aromatic nitrogens is 1. The summed E-state index contributed by atoms with van der Waals surface area (Å²) in [6.07, 6.45) is 10.3. The molecule has 0 amide bonds. The van der Waals surface area contributed by atoms with Gasteiger partial charge in [-0.3, -0.25) is 0 Å². The predicted octanol–water partition coefficient (Wildman–Crippen LogP) is 5.22. The van der Waals surface area contributed by atoms with Gasteiger partial charge in [0, 0.05) is 28.9 Å². The van der Waals surface area contributed by atoms with E-state index < -0.39 is 0 Å². The first-order valence-corrected chi connectivity index (χ1v) is 9.44. The topological polar surface area (TPSA) is 63.7 Å². The first kappa shape index (κ1) is 17.0. The number of para-hydroxylation sites is 2. The second-order valence-corrected chi connectivity index (χ2v) is 7.07. The summed E-state index contributed by atoms with van der Waals surface area (Å²) in [5.74, 6) is 0.245. The van der Waals surface area contributed by atoms with Crippen molar-refractivity contribution in [2.45, 2.75) is 12.0 Å². The molecule has 0 N–H and O–H groups in total. The van der Waals surface area contributed by atoms with Gasteiger partial charge in [-0.05, 0) is 29.8 Å². The Morgan fingerprint density at radius 2 is 1.72 bits per heavy atom. The van der Waals surface area contributed by atoms with Crippen molar-refractivity contribution in [2.75, 3.05) is 4.90 Å². The molecule has 136 valence electrons. The maximum absolute atomic E-state index is 9.91. The summed E-state index contributed by atoms with van der Waals surface area (Å²) in [6.45, 7) is 0. The molecule has 1 aromatic heterocycles. The molecular weight excluding hydrogens is 356 g/mol. The number of anilines is 2. The lowest BCUT2D eigenvalue weighted by molar-refractivity contribution is 0.744. The minimum Gasteiger partial charge on any atom is -0.332 e. The number of nitrogens with zero attached hydrogens (tertiary/aromatic N) is 4. The lowest BCUT2D eigenvalue weighted by Crippen LogP contribution is -2.29. The molecule has 0 spiro atoms. The summed E-state index contributed by atoms with van der Waals surface area (Å²) in [7, 11) is 0. The van der Waals surface area contributed by atoms with Crippen molar-refractivity contribution in [1.29, 1.82) is 10.5 Å². The van der Waals surface area contributed by atoms with Crippen LogP contribution in [0.15, 0.2) is 85.1 Å². The maximum atomic E-state index is 9.91. The van der Waals surface area contributed by atoms with Gasteiger partial charge in [-0.25, -0.2) is 4.98 Å². The van der Waals surface area contributed by atoms with Gasteiger partial charge < -0.3 is 4.90 Å². The second-order valence-electron chi connectivity index (χ2n) is 7.07. The van der Waals surface area contributed by atoms with Crippen LogP contribution < -0.4 is 4.90 Å². The van der Waals surface area contributed by atoms with E-state index >= 15 is 0 Å². The van der Waals surface area contributed by atoms with Gasteiger partial charge in [-0.1, -0.05) is 54.6 Å². The molecule has 2 aromatic carbocycles. The molecule has 29 heavy (non-hydrogen) atoms. The normalized spacial score (nSPS) is 18.6. The van der Waals surface area contributed by atoms with Crippen LogP contribution >= 0.6 is 0 Å². The van der Waals surface area contributed by atoms with Gasteiger partial charge in [-0.15, -0.1) is 0 Å².